The van der Waals surface area contributed by atoms with Crippen LogP contribution in [-0.2, 0) is 15.3 Å². The number of nitriles is 1. The summed E-state index contributed by atoms with van der Waals surface area (Å²) in [5.74, 6) is 0. The van der Waals surface area contributed by atoms with Crippen molar-refractivity contribution in [2.24, 2.45) is 0 Å². The van der Waals surface area contributed by atoms with E-state index in [1.807, 2.05) is 67.8 Å². The second kappa shape index (κ2) is 9.97. The van der Waals surface area contributed by atoms with Crippen LogP contribution in [0, 0.1) is 11.3 Å². The Morgan fingerprint density at radius 1 is 0.974 bits per heavy atom. The van der Waals surface area contributed by atoms with Crippen LogP contribution in [-0.4, -0.2) is 24.6 Å². The average Bonchev–Trinajstić information content (AvgIpc) is 3.45. The molecule has 2 heterocycles. The summed E-state index contributed by atoms with van der Waals surface area (Å²) in [6, 6.07) is 25.5. The molecule has 0 aliphatic carbocycles. The molecule has 0 saturated carbocycles. The van der Waals surface area contributed by atoms with Crippen molar-refractivity contribution in [3.05, 3.63) is 112 Å². The van der Waals surface area contributed by atoms with Gasteiger partial charge in [-0.3, -0.25) is 4.98 Å². The standard InChI is InChI=1S/C31H25N3O2S2/c1-31(2,20-32)25-18-24-8-5-13-33-29(24)27(19-25)23-7-4-6-21(16-23)17-28(30-34-14-15-37-30)22-9-11-26(12-10-22)38(3,35)36/h4-19H,1-3H3/b28-17-. The number of nitrogens with zero attached hydrogens (tertiary/aromatic N) is 3. The van der Waals surface area contributed by atoms with Gasteiger partial charge in [0, 0.05) is 40.6 Å². The minimum atomic E-state index is -3.29. The molecule has 2 aromatic heterocycles. The molecule has 0 amide bonds. The molecule has 0 unspecified atom stereocenters. The highest BCUT2D eigenvalue weighted by Gasteiger charge is 2.22. The number of thiazole rings is 1. The number of benzene rings is 3. The number of pyridine rings is 1. The Labute approximate surface area is 226 Å². The van der Waals surface area contributed by atoms with Crippen LogP contribution in [0.2, 0.25) is 0 Å². The van der Waals surface area contributed by atoms with Gasteiger partial charge in [0.05, 0.1) is 21.9 Å². The molecule has 0 aliphatic rings. The first-order valence-corrected chi connectivity index (χ1v) is 14.8. The highest BCUT2D eigenvalue weighted by molar-refractivity contribution is 7.90. The van der Waals surface area contributed by atoms with E-state index < -0.39 is 15.3 Å². The second-order valence-corrected chi connectivity index (χ2v) is 12.6. The Bertz CT molecular complexity index is 1810. The Kier molecular flexibility index (Phi) is 6.70. The molecule has 7 heteroatoms. The highest BCUT2D eigenvalue weighted by Crippen LogP contribution is 2.35. The first-order chi connectivity index (χ1) is 18.2. The monoisotopic (exact) mass is 535 g/mol. The van der Waals surface area contributed by atoms with Crippen molar-refractivity contribution in [3.8, 4) is 17.2 Å². The smallest absolute Gasteiger partial charge is 0.175 e. The third kappa shape index (κ3) is 5.14. The molecule has 0 bridgehead atoms. The largest absolute Gasteiger partial charge is 0.256 e. The first-order valence-electron chi connectivity index (χ1n) is 12.0. The predicted molar refractivity (Wildman–Crippen MR) is 154 cm³/mol. The lowest BCUT2D eigenvalue weighted by atomic mass is 9.83. The molecule has 188 valence electrons. The van der Waals surface area contributed by atoms with Crippen LogP contribution in [0.4, 0.5) is 0 Å². The Hall–Kier alpha value is -4.12. The zero-order valence-corrected chi connectivity index (χ0v) is 22.8. The maximum Gasteiger partial charge on any atom is 0.175 e. The van der Waals surface area contributed by atoms with E-state index >= 15 is 0 Å². The van der Waals surface area contributed by atoms with Gasteiger partial charge in [0.25, 0.3) is 0 Å². The molecule has 0 atom stereocenters. The van der Waals surface area contributed by atoms with Gasteiger partial charge in [-0.25, -0.2) is 13.4 Å². The summed E-state index contributed by atoms with van der Waals surface area (Å²) < 4.78 is 23.9. The van der Waals surface area contributed by atoms with Crippen molar-refractivity contribution in [1.82, 2.24) is 9.97 Å². The van der Waals surface area contributed by atoms with E-state index in [-0.39, 0.29) is 4.90 Å². The van der Waals surface area contributed by atoms with Crippen LogP contribution in [0.15, 0.2) is 95.5 Å². The van der Waals surface area contributed by atoms with E-state index in [9.17, 15) is 13.7 Å². The van der Waals surface area contributed by atoms with Crippen molar-refractivity contribution >= 4 is 43.7 Å². The Balaban J connectivity index is 1.65. The van der Waals surface area contributed by atoms with Crippen LogP contribution < -0.4 is 0 Å². The summed E-state index contributed by atoms with van der Waals surface area (Å²) in [5, 5.41) is 13.5. The minimum absolute atomic E-state index is 0.279. The molecule has 5 aromatic rings. The van der Waals surface area contributed by atoms with E-state index in [0.29, 0.717) is 0 Å². The van der Waals surface area contributed by atoms with Gasteiger partial charge in [-0.05, 0) is 78.6 Å². The Morgan fingerprint density at radius 3 is 2.45 bits per heavy atom. The Morgan fingerprint density at radius 2 is 1.76 bits per heavy atom. The second-order valence-electron chi connectivity index (χ2n) is 9.65. The SMILES string of the molecule is CC(C)(C#N)c1cc(-c2cccc(/C=C(/c3ccc(S(C)(=O)=O)cc3)c3nccs3)c2)c2ncccc2c1. The molecule has 3 aromatic carbocycles. The topological polar surface area (TPSA) is 83.7 Å². The van der Waals surface area contributed by atoms with Gasteiger partial charge in [0.2, 0.25) is 0 Å². The lowest BCUT2D eigenvalue weighted by molar-refractivity contribution is 0.602. The molecule has 0 aliphatic heterocycles. The number of fused-ring (bicyclic) bond motifs is 1. The van der Waals surface area contributed by atoms with Gasteiger partial charge >= 0.3 is 0 Å². The fourth-order valence-electron chi connectivity index (χ4n) is 4.31. The summed E-state index contributed by atoms with van der Waals surface area (Å²) in [7, 11) is -3.29. The molecule has 0 fully saturated rings. The third-order valence-electron chi connectivity index (χ3n) is 6.47. The van der Waals surface area contributed by atoms with Crippen LogP contribution >= 0.6 is 11.3 Å². The van der Waals surface area contributed by atoms with E-state index in [4.69, 9.17) is 0 Å². The molecule has 5 rings (SSSR count). The molecular weight excluding hydrogens is 510 g/mol. The van der Waals surface area contributed by atoms with Gasteiger partial charge < -0.3 is 0 Å². The summed E-state index contributed by atoms with van der Waals surface area (Å²) in [5.41, 5.74) is 5.87. The van der Waals surface area contributed by atoms with Gasteiger partial charge in [-0.15, -0.1) is 11.3 Å². The van der Waals surface area contributed by atoms with Crippen LogP contribution in [0.1, 0.15) is 35.5 Å². The summed E-state index contributed by atoms with van der Waals surface area (Å²) in [6.07, 6.45) is 6.81. The number of hydrogen-bond donors (Lipinski definition) is 0. The van der Waals surface area contributed by atoms with Crippen molar-refractivity contribution in [3.63, 3.8) is 0 Å². The average molecular weight is 536 g/mol. The summed E-state index contributed by atoms with van der Waals surface area (Å²) in [6.45, 7) is 3.84. The summed E-state index contributed by atoms with van der Waals surface area (Å²) >= 11 is 1.53. The maximum atomic E-state index is 12.0. The van der Waals surface area contributed by atoms with Gasteiger partial charge in [-0.2, -0.15) is 5.26 Å². The minimum Gasteiger partial charge on any atom is -0.256 e. The summed E-state index contributed by atoms with van der Waals surface area (Å²) in [4.78, 5) is 9.46. The van der Waals surface area contributed by atoms with Crippen LogP contribution in [0.25, 0.3) is 33.7 Å². The molecule has 0 saturated heterocycles. The van der Waals surface area contributed by atoms with Crippen LogP contribution in [0.3, 0.4) is 0 Å². The molecular formula is C31H25N3O2S2. The van der Waals surface area contributed by atoms with E-state index in [2.05, 4.69) is 34.2 Å². The van der Waals surface area contributed by atoms with Crippen molar-refractivity contribution in [1.29, 1.82) is 5.26 Å². The molecule has 0 spiro atoms. The zero-order valence-electron chi connectivity index (χ0n) is 21.2. The van der Waals surface area contributed by atoms with Gasteiger partial charge in [0.1, 0.15) is 5.01 Å². The fourth-order valence-corrected chi connectivity index (χ4v) is 5.61. The number of rotatable bonds is 6. The first kappa shape index (κ1) is 25.5. The highest BCUT2D eigenvalue weighted by atomic mass is 32.2. The van der Waals surface area contributed by atoms with Gasteiger partial charge in [-0.1, -0.05) is 36.4 Å². The number of aromatic nitrogens is 2. The van der Waals surface area contributed by atoms with E-state index in [1.165, 1.54) is 17.6 Å². The normalized spacial score (nSPS) is 12.4. The number of hydrogen-bond acceptors (Lipinski definition) is 6. The van der Waals surface area contributed by atoms with E-state index in [0.717, 1.165) is 49.3 Å². The lowest BCUT2D eigenvalue weighted by Gasteiger charge is -2.19. The fraction of sp³-hybridized carbons (Fsp3) is 0.129. The maximum absolute atomic E-state index is 12.0. The molecule has 0 radical (unpaired) electrons. The predicted octanol–water partition coefficient (Wildman–Crippen LogP) is 7.15. The lowest BCUT2D eigenvalue weighted by Crippen LogP contribution is -2.14. The molecule has 0 N–H and O–H groups in total. The van der Waals surface area contributed by atoms with Crippen LogP contribution in [0.5, 0.6) is 0 Å². The van der Waals surface area contributed by atoms with Crippen molar-refractivity contribution in [2.45, 2.75) is 24.2 Å². The third-order valence-corrected chi connectivity index (χ3v) is 8.41. The number of sulfone groups is 1. The zero-order chi connectivity index (χ0) is 26.9. The van der Waals surface area contributed by atoms with Gasteiger partial charge in [0.15, 0.2) is 9.84 Å². The van der Waals surface area contributed by atoms with E-state index in [1.54, 1.807) is 24.5 Å². The molecule has 38 heavy (non-hydrogen) atoms. The quantitative estimate of drug-likeness (QED) is 0.216. The molecule has 5 nitrogen and oxygen atoms in total. The van der Waals surface area contributed by atoms with Crippen molar-refractivity contribution < 1.29 is 8.42 Å². The van der Waals surface area contributed by atoms with Crippen molar-refractivity contribution in [2.75, 3.05) is 6.26 Å².